The van der Waals surface area contributed by atoms with Crippen LogP contribution in [0.3, 0.4) is 0 Å². The molecule has 0 aromatic carbocycles. The average Bonchev–Trinajstić information content (AvgIpc) is 2.36. The van der Waals surface area contributed by atoms with E-state index >= 15 is 0 Å². The number of hydrogen-bond donors (Lipinski definition) is 0. The fourth-order valence-corrected chi connectivity index (χ4v) is 0. The van der Waals surface area contributed by atoms with Crippen molar-refractivity contribution in [3.05, 3.63) is 0 Å². The topological polar surface area (TPSA) is 9.72 Å². The van der Waals surface area contributed by atoms with Gasteiger partial charge in [0.05, 0.1) is 0 Å². The Morgan fingerprint density at radius 1 is 0.407 bits per heavy atom. The third-order valence-electron chi connectivity index (χ3n) is 5.09. The van der Waals surface area contributed by atoms with Gasteiger partial charge in [-0.3, -0.25) is 0 Å². The van der Waals surface area contributed by atoms with Crippen molar-refractivity contribution < 1.29 is 0 Å². The first-order valence-electron chi connectivity index (χ1n) is 10.4. The molecular weight excluding hydrogens is 330 g/mol. The zero-order chi connectivity index (χ0) is 23.4. The molecule has 0 aliphatic heterocycles. The summed E-state index contributed by atoms with van der Waals surface area (Å²) in [7, 11) is 12.5. The molecule has 170 valence electrons. The molecule has 0 saturated carbocycles. The van der Waals surface area contributed by atoms with E-state index in [0.29, 0.717) is 22.0 Å². The monoisotopic (exact) mass is 389 g/mol. The van der Waals surface area contributed by atoms with Crippen molar-refractivity contribution >= 4 is 0 Å². The molecule has 0 unspecified atom stereocenters. The molecule has 0 aliphatic carbocycles. The third-order valence-corrected chi connectivity index (χ3v) is 5.09. The first kappa shape index (κ1) is 34.4. The van der Waals surface area contributed by atoms with Crippen LogP contribution in [-0.4, -0.2) is 73.6 Å². The van der Waals surface area contributed by atoms with Gasteiger partial charge in [0.15, 0.2) is 0 Å². The number of hydrogen-bond acceptors (Lipinski definition) is 3. The molecule has 0 atom stereocenters. The lowest BCUT2D eigenvalue weighted by Crippen LogP contribution is -2.34. The van der Waals surface area contributed by atoms with Crippen LogP contribution in [0.5, 0.6) is 0 Å². The predicted molar refractivity (Wildman–Crippen MR) is 130 cm³/mol. The Labute approximate surface area is 175 Å². The van der Waals surface area contributed by atoms with Crippen molar-refractivity contribution in [1.82, 2.24) is 14.7 Å². The SMILES string of the molecule is CCC(C)(C)C.CN(C)C(C)(C)C.CN(C)C(C)(C)C.CN(C)C(C)(C)C. The first-order valence-corrected chi connectivity index (χ1v) is 10.4. The summed E-state index contributed by atoms with van der Waals surface area (Å²) >= 11 is 0. The van der Waals surface area contributed by atoms with Crippen LogP contribution in [0, 0.1) is 5.41 Å². The lowest BCUT2D eigenvalue weighted by Gasteiger charge is -2.27. The molecule has 3 nitrogen and oxygen atoms in total. The van der Waals surface area contributed by atoms with Crippen LogP contribution < -0.4 is 0 Å². The number of nitrogens with zero attached hydrogens (tertiary/aromatic N) is 3. The summed E-state index contributed by atoms with van der Waals surface area (Å²) in [6.45, 7) is 28.6. The van der Waals surface area contributed by atoms with Gasteiger partial charge in [0.25, 0.3) is 0 Å². The summed E-state index contributed by atoms with van der Waals surface area (Å²) in [4.78, 5) is 6.56. The molecular formula is C24H59N3. The van der Waals surface area contributed by atoms with Crippen molar-refractivity contribution in [2.75, 3.05) is 42.3 Å². The Balaban J connectivity index is -0.000000131. The van der Waals surface area contributed by atoms with E-state index in [9.17, 15) is 0 Å². The fraction of sp³-hybridized carbons (Fsp3) is 1.00. The van der Waals surface area contributed by atoms with Gasteiger partial charge in [-0.2, -0.15) is 0 Å². The minimum atomic E-state index is 0.333. The smallest absolute Gasteiger partial charge is 0.0118 e. The molecule has 0 amide bonds. The first-order chi connectivity index (χ1) is 11.4. The van der Waals surface area contributed by atoms with Gasteiger partial charge in [-0.25, -0.2) is 0 Å². The van der Waals surface area contributed by atoms with E-state index in [2.05, 4.69) is 147 Å². The highest BCUT2D eigenvalue weighted by molar-refractivity contribution is 4.69. The van der Waals surface area contributed by atoms with Crippen LogP contribution in [-0.2, 0) is 0 Å². The zero-order valence-corrected chi connectivity index (χ0v) is 23.0. The van der Waals surface area contributed by atoms with Crippen LogP contribution in [0.15, 0.2) is 0 Å². The van der Waals surface area contributed by atoms with Gasteiger partial charge < -0.3 is 14.7 Å². The molecule has 0 aromatic rings. The molecule has 3 heteroatoms. The highest BCUT2D eigenvalue weighted by atomic mass is 15.1. The van der Waals surface area contributed by atoms with E-state index in [1.807, 2.05) is 0 Å². The Bertz CT molecular complexity index is 273. The Hall–Kier alpha value is -0.120. The maximum atomic E-state index is 2.24. The van der Waals surface area contributed by atoms with Gasteiger partial charge >= 0.3 is 0 Å². The maximum Gasteiger partial charge on any atom is 0.0118 e. The van der Waals surface area contributed by atoms with Crippen LogP contribution in [0.25, 0.3) is 0 Å². The number of rotatable bonds is 0. The van der Waals surface area contributed by atoms with Crippen molar-refractivity contribution in [2.24, 2.45) is 5.41 Å². The van der Waals surface area contributed by atoms with E-state index in [1.54, 1.807) is 0 Å². The predicted octanol–water partition coefficient (Wildman–Crippen LogP) is 6.48. The summed E-state index contributed by atoms with van der Waals surface area (Å²) in [5.41, 5.74) is 1.54. The highest BCUT2D eigenvalue weighted by Gasteiger charge is 2.11. The van der Waals surface area contributed by atoms with E-state index in [-0.39, 0.29) is 0 Å². The molecule has 0 rings (SSSR count). The maximum absolute atomic E-state index is 2.24. The second kappa shape index (κ2) is 14.0. The van der Waals surface area contributed by atoms with E-state index in [4.69, 9.17) is 0 Å². The second-order valence-electron chi connectivity index (χ2n) is 12.1. The Morgan fingerprint density at radius 3 is 0.481 bits per heavy atom. The Kier molecular flexibility index (Phi) is 17.8. The minimum Gasteiger partial charge on any atom is -0.305 e. The molecule has 0 spiro atoms. The van der Waals surface area contributed by atoms with E-state index in [1.165, 1.54) is 6.42 Å². The van der Waals surface area contributed by atoms with Crippen LogP contribution in [0.2, 0.25) is 0 Å². The third kappa shape index (κ3) is 33.9. The van der Waals surface area contributed by atoms with Crippen molar-refractivity contribution in [3.8, 4) is 0 Å². The van der Waals surface area contributed by atoms with Gasteiger partial charge in [-0.1, -0.05) is 34.1 Å². The molecule has 0 radical (unpaired) electrons. The van der Waals surface area contributed by atoms with Gasteiger partial charge in [0.1, 0.15) is 0 Å². The van der Waals surface area contributed by atoms with E-state index < -0.39 is 0 Å². The van der Waals surface area contributed by atoms with Crippen molar-refractivity contribution in [1.29, 1.82) is 0 Å². The lowest BCUT2D eigenvalue weighted by molar-refractivity contribution is 0.219. The van der Waals surface area contributed by atoms with Crippen LogP contribution >= 0.6 is 0 Å². The lowest BCUT2D eigenvalue weighted by atomic mass is 9.94. The summed E-state index contributed by atoms with van der Waals surface area (Å²) < 4.78 is 0. The molecule has 0 heterocycles. The molecule has 0 aromatic heterocycles. The molecule has 27 heavy (non-hydrogen) atoms. The van der Waals surface area contributed by atoms with Gasteiger partial charge in [-0.05, 0) is 110 Å². The minimum absolute atomic E-state index is 0.333. The largest absolute Gasteiger partial charge is 0.305 e. The summed E-state index contributed by atoms with van der Waals surface area (Å²) in [6, 6.07) is 0. The quantitative estimate of drug-likeness (QED) is 0.469. The highest BCUT2D eigenvalue weighted by Crippen LogP contribution is 2.16. The van der Waals surface area contributed by atoms with Crippen molar-refractivity contribution in [3.63, 3.8) is 0 Å². The summed E-state index contributed by atoms with van der Waals surface area (Å²) in [5.74, 6) is 0. The van der Waals surface area contributed by atoms with Gasteiger partial charge in [0.2, 0.25) is 0 Å². The second-order valence-corrected chi connectivity index (χ2v) is 12.1. The van der Waals surface area contributed by atoms with E-state index in [0.717, 1.165) is 0 Å². The van der Waals surface area contributed by atoms with Crippen LogP contribution in [0.4, 0.5) is 0 Å². The van der Waals surface area contributed by atoms with Crippen LogP contribution in [0.1, 0.15) is 96.4 Å². The molecule has 0 fully saturated rings. The average molecular weight is 390 g/mol. The fourth-order valence-electron chi connectivity index (χ4n) is 0. The standard InChI is InChI=1S/3C6H15N.C6H14/c3*1-6(2,3)7(4)5;1-5-6(2,3)4/h3*1-5H3;5H2,1-4H3. The molecule has 0 saturated heterocycles. The summed E-state index contributed by atoms with van der Waals surface area (Å²) in [6.07, 6.45) is 1.27. The van der Waals surface area contributed by atoms with Gasteiger partial charge in [0, 0.05) is 16.6 Å². The Morgan fingerprint density at radius 2 is 0.481 bits per heavy atom. The molecule has 0 N–H and O–H groups in total. The summed E-state index contributed by atoms with van der Waals surface area (Å²) in [5, 5.41) is 0. The molecule has 0 bridgehead atoms. The zero-order valence-electron chi connectivity index (χ0n) is 23.0. The molecule has 0 aliphatic rings. The van der Waals surface area contributed by atoms with Gasteiger partial charge in [-0.15, -0.1) is 0 Å². The van der Waals surface area contributed by atoms with Crippen molar-refractivity contribution in [2.45, 2.75) is 113 Å². The normalized spacial score (nSPS) is 12.7.